The van der Waals surface area contributed by atoms with Crippen LogP contribution >= 0.6 is 0 Å². The summed E-state index contributed by atoms with van der Waals surface area (Å²) in [5, 5.41) is 0. The van der Waals surface area contributed by atoms with E-state index in [9.17, 15) is 8.42 Å². The lowest BCUT2D eigenvalue weighted by atomic mass is 10.1. The summed E-state index contributed by atoms with van der Waals surface area (Å²) in [7, 11) is -3.50. The van der Waals surface area contributed by atoms with E-state index in [1.165, 1.54) is 0 Å². The van der Waals surface area contributed by atoms with Crippen LogP contribution in [0.4, 0.5) is 5.82 Å². The van der Waals surface area contributed by atoms with Crippen LogP contribution in [0.25, 0.3) is 0 Å². The molecule has 1 aromatic carbocycles. The van der Waals surface area contributed by atoms with Crippen LogP contribution in [0.5, 0.6) is 0 Å². The van der Waals surface area contributed by atoms with Gasteiger partial charge in [0, 0.05) is 38.2 Å². The van der Waals surface area contributed by atoms with Crippen LogP contribution in [0.2, 0.25) is 0 Å². The van der Waals surface area contributed by atoms with Gasteiger partial charge < -0.3 is 4.90 Å². The minimum absolute atomic E-state index is 0.342. The highest BCUT2D eigenvalue weighted by molar-refractivity contribution is 7.89. The van der Waals surface area contributed by atoms with E-state index in [2.05, 4.69) is 14.9 Å². The Morgan fingerprint density at radius 3 is 2.44 bits per heavy atom. The Morgan fingerprint density at radius 2 is 1.72 bits per heavy atom. The summed E-state index contributed by atoms with van der Waals surface area (Å²) in [6.07, 6.45) is 2.94. The highest BCUT2D eigenvalue weighted by atomic mass is 32.2. The SMILES string of the molecule is Cc1nc2c(c(N3CCCC3)n1)CN(S(=O)(=O)c1ccccc1)CC2. The van der Waals surface area contributed by atoms with Crippen molar-refractivity contribution in [2.75, 3.05) is 24.5 Å². The molecule has 2 aliphatic heterocycles. The molecule has 1 aromatic heterocycles. The molecule has 3 heterocycles. The van der Waals surface area contributed by atoms with Gasteiger partial charge in [-0.3, -0.25) is 0 Å². The zero-order valence-corrected chi connectivity index (χ0v) is 15.2. The van der Waals surface area contributed by atoms with Crippen LogP contribution in [-0.2, 0) is 23.0 Å². The maximum atomic E-state index is 13.0. The van der Waals surface area contributed by atoms with Gasteiger partial charge in [0.2, 0.25) is 10.0 Å². The molecule has 0 radical (unpaired) electrons. The van der Waals surface area contributed by atoms with Crippen LogP contribution in [0.15, 0.2) is 35.2 Å². The number of anilines is 1. The average molecular weight is 358 g/mol. The summed E-state index contributed by atoms with van der Waals surface area (Å²) in [4.78, 5) is 11.8. The molecule has 2 aromatic rings. The molecule has 0 aliphatic carbocycles. The second kappa shape index (κ2) is 6.38. The molecule has 0 N–H and O–H groups in total. The molecule has 7 heteroatoms. The average Bonchev–Trinajstić information content (AvgIpc) is 3.16. The molecule has 132 valence electrons. The molecule has 1 fully saturated rings. The number of sulfonamides is 1. The number of rotatable bonds is 3. The van der Waals surface area contributed by atoms with Gasteiger partial charge in [-0.1, -0.05) is 18.2 Å². The van der Waals surface area contributed by atoms with Gasteiger partial charge in [0.1, 0.15) is 11.6 Å². The molecule has 1 saturated heterocycles. The molecule has 0 unspecified atom stereocenters. The number of nitrogens with zero attached hydrogens (tertiary/aromatic N) is 4. The number of benzene rings is 1. The minimum Gasteiger partial charge on any atom is -0.356 e. The number of fused-ring (bicyclic) bond motifs is 1. The first-order chi connectivity index (χ1) is 12.1. The summed E-state index contributed by atoms with van der Waals surface area (Å²) in [5.41, 5.74) is 1.96. The molecule has 0 bridgehead atoms. The lowest BCUT2D eigenvalue weighted by Gasteiger charge is -2.31. The van der Waals surface area contributed by atoms with Gasteiger partial charge in [-0.25, -0.2) is 18.4 Å². The van der Waals surface area contributed by atoms with E-state index in [0.717, 1.165) is 48.8 Å². The fraction of sp³-hybridized carbons (Fsp3) is 0.444. The Kier molecular flexibility index (Phi) is 4.21. The topological polar surface area (TPSA) is 66.4 Å². The van der Waals surface area contributed by atoms with Crippen molar-refractivity contribution in [3.8, 4) is 0 Å². The molecule has 0 atom stereocenters. The van der Waals surface area contributed by atoms with Crippen LogP contribution < -0.4 is 4.90 Å². The molecule has 2 aliphatic rings. The van der Waals surface area contributed by atoms with Gasteiger partial charge in [-0.2, -0.15) is 4.31 Å². The Balaban J connectivity index is 1.71. The number of hydrogen-bond donors (Lipinski definition) is 0. The normalized spacial score (nSPS) is 18.4. The van der Waals surface area contributed by atoms with Gasteiger partial charge in [0.25, 0.3) is 0 Å². The highest BCUT2D eigenvalue weighted by Crippen LogP contribution is 2.31. The van der Waals surface area contributed by atoms with Crippen LogP contribution in [-0.4, -0.2) is 42.3 Å². The molecule has 6 nitrogen and oxygen atoms in total. The molecule has 0 amide bonds. The van der Waals surface area contributed by atoms with Gasteiger partial charge in [0.15, 0.2) is 0 Å². The van der Waals surface area contributed by atoms with Gasteiger partial charge >= 0.3 is 0 Å². The lowest BCUT2D eigenvalue weighted by Crippen LogP contribution is -2.38. The first kappa shape index (κ1) is 16.5. The smallest absolute Gasteiger partial charge is 0.243 e. The van der Waals surface area contributed by atoms with E-state index < -0.39 is 10.0 Å². The molecular formula is C18H22N4O2S. The Morgan fingerprint density at radius 1 is 1.00 bits per heavy atom. The molecular weight excluding hydrogens is 336 g/mol. The fourth-order valence-corrected chi connectivity index (χ4v) is 5.06. The van der Waals surface area contributed by atoms with E-state index >= 15 is 0 Å². The minimum atomic E-state index is -3.50. The maximum Gasteiger partial charge on any atom is 0.243 e. The maximum absolute atomic E-state index is 13.0. The van der Waals surface area contributed by atoms with Crippen molar-refractivity contribution in [1.82, 2.24) is 14.3 Å². The second-order valence-corrected chi connectivity index (χ2v) is 8.55. The largest absolute Gasteiger partial charge is 0.356 e. The molecule has 4 rings (SSSR count). The van der Waals surface area contributed by atoms with Crippen molar-refractivity contribution in [3.63, 3.8) is 0 Å². The van der Waals surface area contributed by atoms with E-state index in [1.807, 2.05) is 13.0 Å². The predicted octanol–water partition coefficient (Wildman–Crippen LogP) is 2.13. The number of aromatic nitrogens is 2. The second-order valence-electron chi connectivity index (χ2n) is 6.62. The van der Waals surface area contributed by atoms with E-state index in [0.29, 0.717) is 24.4 Å². The van der Waals surface area contributed by atoms with Crippen molar-refractivity contribution in [3.05, 3.63) is 47.4 Å². The third-order valence-electron chi connectivity index (χ3n) is 4.90. The van der Waals surface area contributed by atoms with Gasteiger partial charge in [-0.05, 0) is 31.9 Å². The van der Waals surface area contributed by atoms with Crippen LogP contribution in [0.1, 0.15) is 29.9 Å². The Hall–Kier alpha value is -1.99. The summed E-state index contributed by atoms with van der Waals surface area (Å²) in [5.74, 6) is 1.69. The number of aryl methyl sites for hydroxylation is 1. The first-order valence-electron chi connectivity index (χ1n) is 8.72. The third kappa shape index (κ3) is 3.02. The van der Waals surface area contributed by atoms with Crippen molar-refractivity contribution < 1.29 is 8.42 Å². The zero-order valence-electron chi connectivity index (χ0n) is 14.4. The van der Waals surface area contributed by atoms with E-state index in [4.69, 9.17) is 0 Å². The van der Waals surface area contributed by atoms with E-state index in [1.54, 1.807) is 28.6 Å². The van der Waals surface area contributed by atoms with E-state index in [-0.39, 0.29) is 0 Å². The standard InChI is InChI=1S/C18H22N4O2S/c1-14-19-17-9-12-22(25(23,24)15-7-3-2-4-8-15)13-16(17)18(20-14)21-10-5-6-11-21/h2-4,7-8H,5-6,9-13H2,1H3. The predicted molar refractivity (Wildman–Crippen MR) is 96.0 cm³/mol. The third-order valence-corrected chi connectivity index (χ3v) is 6.76. The van der Waals surface area contributed by atoms with Gasteiger partial charge in [0.05, 0.1) is 10.6 Å². The fourth-order valence-electron chi connectivity index (χ4n) is 3.63. The van der Waals surface area contributed by atoms with Crippen LogP contribution in [0.3, 0.4) is 0 Å². The summed E-state index contributed by atoms with van der Waals surface area (Å²) < 4.78 is 27.5. The van der Waals surface area contributed by atoms with Crippen molar-refractivity contribution in [2.45, 2.75) is 37.6 Å². The lowest BCUT2D eigenvalue weighted by molar-refractivity contribution is 0.386. The highest BCUT2D eigenvalue weighted by Gasteiger charge is 2.32. The Labute approximate surface area is 148 Å². The number of hydrogen-bond acceptors (Lipinski definition) is 5. The van der Waals surface area contributed by atoms with Crippen molar-refractivity contribution in [2.24, 2.45) is 0 Å². The van der Waals surface area contributed by atoms with Crippen LogP contribution in [0, 0.1) is 6.92 Å². The van der Waals surface area contributed by atoms with Crippen molar-refractivity contribution in [1.29, 1.82) is 0 Å². The molecule has 25 heavy (non-hydrogen) atoms. The summed E-state index contributed by atoms with van der Waals surface area (Å²) in [6.45, 7) is 4.67. The zero-order chi connectivity index (χ0) is 17.4. The summed E-state index contributed by atoms with van der Waals surface area (Å²) in [6, 6.07) is 8.64. The Bertz CT molecular complexity index is 877. The van der Waals surface area contributed by atoms with Gasteiger partial charge in [-0.15, -0.1) is 0 Å². The summed E-state index contributed by atoms with van der Waals surface area (Å²) >= 11 is 0. The molecule has 0 spiro atoms. The quantitative estimate of drug-likeness (QED) is 0.841. The van der Waals surface area contributed by atoms with Crippen molar-refractivity contribution >= 4 is 15.8 Å². The monoisotopic (exact) mass is 358 g/mol. The first-order valence-corrected chi connectivity index (χ1v) is 10.2. The molecule has 0 saturated carbocycles.